The van der Waals surface area contributed by atoms with Crippen LogP contribution in [0.25, 0.3) is 0 Å². The van der Waals surface area contributed by atoms with Gasteiger partial charge in [0.15, 0.2) is 0 Å². The first-order valence-corrected chi connectivity index (χ1v) is 8.19. The van der Waals surface area contributed by atoms with Gasteiger partial charge in [0.1, 0.15) is 11.6 Å². The molecule has 1 heterocycles. The predicted molar refractivity (Wildman–Crippen MR) is 91.9 cm³/mol. The van der Waals surface area contributed by atoms with E-state index in [9.17, 15) is 14.4 Å². The number of esters is 1. The molecule has 0 aromatic heterocycles. The number of ether oxygens (including phenoxy) is 1. The summed E-state index contributed by atoms with van der Waals surface area (Å²) in [6, 6.07) is -0.754. The van der Waals surface area contributed by atoms with Gasteiger partial charge in [-0.05, 0) is 46.5 Å². The van der Waals surface area contributed by atoms with Crippen LogP contribution in [0.2, 0.25) is 0 Å². The van der Waals surface area contributed by atoms with Crippen molar-refractivity contribution in [3.05, 3.63) is 24.9 Å². The zero-order chi connectivity index (χ0) is 18.5. The summed E-state index contributed by atoms with van der Waals surface area (Å²) in [7, 11) is 0. The molecular weight excluding hydrogens is 308 g/mol. The highest BCUT2D eigenvalue weighted by molar-refractivity contribution is 5.99. The van der Waals surface area contributed by atoms with Gasteiger partial charge in [-0.15, -0.1) is 6.58 Å². The quantitative estimate of drug-likeness (QED) is 0.459. The van der Waals surface area contributed by atoms with Crippen molar-refractivity contribution < 1.29 is 19.1 Å². The van der Waals surface area contributed by atoms with E-state index in [1.807, 2.05) is 0 Å². The average Bonchev–Trinajstić information content (AvgIpc) is 2.85. The van der Waals surface area contributed by atoms with Gasteiger partial charge in [0.2, 0.25) is 5.91 Å². The third kappa shape index (κ3) is 5.51. The van der Waals surface area contributed by atoms with Gasteiger partial charge in [-0.2, -0.15) is 0 Å². The summed E-state index contributed by atoms with van der Waals surface area (Å²) >= 11 is 0. The lowest BCUT2D eigenvalue weighted by atomic mass is 10.1. The van der Waals surface area contributed by atoms with Gasteiger partial charge in [0.25, 0.3) is 5.91 Å². The zero-order valence-electron chi connectivity index (χ0n) is 15.1. The lowest BCUT2D eigenvalue weighted by molar-refractivity contribution is -0.163. The number of allylic oxidation sites excluding steroid dienone is 1. The molecule has 0 spiro atoms. The first-order valence-electron chi connectivity index (χ1n) is 8.19. The van der Waals surface area contributed by atoms with Crippen LogP contribution in [-0.4, -0.2) is 40.4 Å². The van der Waals surface area contributed by atoms with Crippen LogP contribution in [0.4, 0.5) is 0 Å². The summed E-state index contributed by atoms with van der Waals surface area (Å²) in [4.78, 5) is 37.9. The highest BCUT2D eigenvalue weighted by Gasteiger charge is 2.43. The van der Waals surface area contributed by atoms with Gasteiger partial charge in [0.05, 0.1) is 5.70 Å². The molecule has 0 aromatic carbocycles. The third-order valence-electron chi connectivity index (χ3n) is 3.70. The number of carbonyl (C=O) groups is 3. The fourth-order valence-electron chi connectivity index (χ4n) is 2.81. The fraction of sp³-hybridized carbons (Fsp3) is 0.611. The van der Waals surface area contributed by atoms with Crippen molar-refractivity contribution in [2.45, 2.75) is 71.1 Å². The first-order chi connectivity index (χ1) is 11.1. The molecule has 0 radical (unpaired) electrons. The van der Waals surface area contributed by atoms with Crippen molar-refractivity contribution in [1.29, 1.82) is 0 Å². The number of nitrogens with zero attached hydrogens (tertiary/aromatic N) is 1. The molecule has 1 N–H and O–H groups in total. The van der Waals surface area contributed by atoms with Crippen LogP contribution in [0.15, 0.2) is 24.9 Å². The number of hydrogen-bond donors (Lipinski definition) is 1. The second-order valence-electron chi connectivity index (χ2n) is 7.02. The highest BCUT2D eigenvalue weighted by atomic mass is 16.6. The van der Waals surface area contributed by atoms with E-state index in [1.165, 1.54) is 11.8 Å². The Morgan fingerprint density at radius 2 is 1.92 bits per heavy atom. The lowest BCUT2D eigenvalue weighted by Gasteiger charge is -2.31. The Balaban J connectivity index is 2.99. The van der Waals surface area contributed by atoms with E-state index in [4.69, 9.17) is 4.74 Å². The number of hydrogen-bond acceptors (Lipinski definition) is 4. The standard InChI is InChI=1S/C18H28N2O4/c1-7-8-9-14-10-11-15(17(23)24-18(4,5)6)20(14)16(22)12(2)19-13(3)21/h7,14-15H,1-2,8-11H2,3-6H3,(H,19,21)/t14-,15-/m0/s1. The molecule has 0 aromatic rings. The van der Waals surface area contributed by atoms with Crippen molar-refractivity contribution in [3.8, 4) is 0 Å². The summed E-state index contributed by atoms with van der Waals surface area (Å²) in [5.41, 5.74) is -0.652. The Morgan fingerprint density at radius 3 is 2.42 bits per heavy atom. The van der Waals surface area contributed by atoms with Crippen LogP contribution >= 0.6 is 0 Å². The Morgan fingerprint density at radius 1 is 1.29 bits per heavy atom. The van der Waals surface area contributed by atoms with Crippen LogP contribution in [0.5, 0.6) is 0 Å². The molecule has 0 aliphatic carbocycles. The molecule has 0 bridgehead atoms. The number of amides is 2. The molecule has 134 valence electrons. The molecule has 6 heteroatoms. The Labute approximate surface area is 143 Å². The predicted octanol–water partition coefficient (Wildman–Crippen LogP) is 2.30. The molecule has 1 aliphatic rings. The van der Waals surface area contributed by atoms with E-state index in [0.29, 0.717) is 19.3 Å². The second-order valence-corrected chi connectivity index (χ2v) is 7.02. The summed E-state index contributed by atoms with van der Waals surface area (Å²) < 4.78 is 5.45. The van der Waals surface area contributed by atoms with Gasteiger partial charge in [-0.25, -0.2) is 4.79 Å². The molecular formula is C18H28N2O4. The maximum atomic E-state index is 12.7. The molecule has 0 saturated carbocycles. The Hall–Kier alpha value is -2.11. The van der Waals surface area contributed by atoms with Gasteiger partial charge in [-0.1, -0.05) is 12.7 Å². The maximum absolute atomic E-state index is 12.7. The van der Waals surface area contributed by atoms with Crippen LogP contribution in [0.3, 0.4) is 0 Å². The maximum Gasteiger partial charge on any atom is 0.329 e. The van der Waals surface area contributed by atoms with Gasteiger partial charge < -0.3 is 15.0 Å². The van der Waals surface area contributed by atoms with E-state index in [-0.39, 0.29) is 17.6 Å². The van der Waals surface area contributed by atoms with Crippen molar-refractivity contribution in [2.75, 3.05) is 0 Å². The van der Waals surface area contributed by atoms with Crippen LogP contribution in [-0.2, 0) is 19.1 Å². The molecule has 2 atom stereocenters. The number of carbonyl (C=O) groups excluding carboxylic acids is 3. The van der Waals surface area contributed by atoms with Gasteiger partial charge in [0, 0.05) is 13.0 Å². The van der Waals surface area contributed by atoms with Crippen LogP contribution < -0.4 is 5.32 Å². The molecule has 1 aliphatic heterocycles. The van der Waals surface area contributed by atoms with E-state index < -0.39 is 23.5 Å². The normalized spacial score (nSPS) is 20.4. The molecule has 1 rings (SSSR count). The largest absolute Gasteiger partial charge is 0.458 e. The number of rotatable bonds is 6. The first kappa shape index (κ1) is 19.9. The minimum Gasteiger partial charge on any atom is -0.458 e. The van der Waals surface area contributed by atoms with E-state index in [1.54, 1.807) is 26.8 Å². The monoisotopic (exact) mass is 336 g/mol. The Bertz CT molecular complexity index is 534. The van der Waals surface area contributed by atoms with Crippen molar-refractivity contribution in [1.82, 2.24) is 10.2 Å². The summed E-state index contributed by atoms with van der Waals surface area (Å²) in [5.74, 6) is -1.23. The van der Waals surface area contributed by atoms with E-state index >= 15 is 0 Å². The molecule has 2 amide bonds. The van der Waals surface area contributed by atoms with Crippen LogP contribution in [0, 0.1) is 0 Å². The minimum absolute atomic E-state index is 0.0263. The molecule has 24 heavy (non-hydrogen) atoms. The van der Waals surface area contributed by atoms with Crippen LogP contribution in [0.1, 0.15) is 53.4 Å². The topological polar surface area (TPSA) is 75.7 Å². The summed E-state index contributed by atoms with van der Waals surface area (Å²) in [5, 5.41) is 2.41. The van der Waals surface area contributed by atoms with Crippen molar-refractivity contribution >= 4 is 17.8 Å². The van der Waals surface area contributed by atoms with Gasteiger partial charge >= 0.3 is 5.97 Å². The number of nitrogens with one attached hydrogen (secondary N) is 1. The zero-order valence-corrected chi connectivity index (χ0v) is 15.1. The average molecular weight is 336 g/mol. The summed E-state index contributed by atoms with van der Waals surface area (Å²) in [6.07, 6.45) is 4.47. The molecule has 1 saturated heterocycles. The molecule has 1 fully saturated rings. The Kier molecular flexibility index (Phi) is 6.75. The SMILES string of the molecule is C=CCC[C@H]1CC[C@@H](C(=O)OC(C)(C)C)N1C(=O)C(=C)NC(C)=O. The van der Waals surface area contributed by atoms with Crippen molar-refractivity contribution in [3.63, 3.8) is 0 Å². The fourth-order valence-corrected chi connectivity index (χ4v) is 2.81. The summed E-state index contributed by atoms with van der Waals surface area (Å²) in [6.45, 7) is 14.0. The highest BCUT2D eigenvalue weighted by Crippen LogP contribution is 2.30. The number of likely N-dealkylation sites (tertiary alicyclic amines) is 1. The lowest BCUT2D eigenvalue weighted by Crippen LogP contribution is -2.49. The smallest absolute Gasteiger partial charge is 0.329 e. The third-order valence-corrected chi connectivity index (χ3v) is 3.70. The molecule has 6 nitrogen and oxygen atoms in total. The van der Waals surface area contributed by atoms with E-state index in [0.717, 1.165) is 6.42 Å². The van der Waals surface area contributed by atoms with Gasteiger partial charge in [-0.3, -0.25) is 9.59 Å². The van der Waals surface area contributed by atoms with Crippen molar-refractivity contribution in [2.24, 2.45) is 0 Å². The molecule has 0 unspecified atom stereocenters. The second kappa shape index (κ2) is 8.13. The minimum atomic E-state index is -0.656. The van der Waals surface area contributed by atoms with E-state index in [2.05, 4.69) is 18.5 Å².